The number of carbonyl (C=O) groups is 1. The number of likely N-dealkylation sites (N-methyl/N-ethyl adjacent to an activating group) is 1. The van der Waals surface area contributed by atoms with Crippen LogP contribution in [0, 0.1) is 12.8 Å². The number of sulfonamides is 2. The summed E-state index contributed by atoms with van der Waals surface area (Å²) in [7, 11) is -4.30. The van der Waals surface area contributed by atoms with Crippen LogP contribution in [0.5, 0.6) is 5.75 Å². The number of nitrogens with one attached hydrogen (secondary N) is 1. The number of amides is 1. The molecule has 3 atom stereocenters. The second kappa shape index (κ2) is 12.0. The van der Waals surface area contributed by atoms with E-state index in [1.165, 1.54) is 40.6 Å². The lowest BCUT2D eigenvalue weighted by Gasteiger charge is -2.35. The fraction of sp³-hybridized carbons (Fsp3) is 0.500. The predicted octanol–water partition coefficient (Wildman–Crippen LogP) is 2.95. The van der Waals surface area contributed by atoms with E-state index in [2.05, 4.69) is 4.72 Å². The number of aryl methyl sites for hydroxylation is 1. The Morgan fingerprint density at radius 1 is 1.08 bits per heavy atom. The maximum absolute atomic E-state index is 13.5. The van der Waals surface area contributed by atoms with E-state index < -0.39 is 32.2 Å². The zero-order valence-corrected chi connectivity index (χ0v) is 24.3. The van der Waals surface area contributed by atoms with Crippen molar-refractivity contribution < 1.29 is 31.1 Å². The number of carbonyl (C=O) groups excluding carboxylic acids is 1. The number of ether oxygens (including phenoxy) is 2. The molecule has 0 saturated carbocycles. The van der Waals surface area contributed by atoms with Crippen LogP contribution < -0.4 is 9.46 Å². The molecule has 3 rings (SSSR count). The van der Waals surface area contributed by atoms with Gasteiger partial charge in [0.1, 0.15) is 12.4 Å². The number of anilines is 1. The van der Waals surface area contributed by atoms with Gasteiger partial charge in [-0.05, 0) is 56.5 Å². The first-order valence-corrected chi connectivity index (χ1v) is 15.5. The van der Waals surface area contributed by atoms with Crippen LogP contribution in [-0.4, -0.2) is 83.7 Å². The minimum absolute atomic E-state index is 0.00186. The number of benzene rings is 2. The van der Waals surface area contributed by atoms with Crippen molar-refractivity contribution >= 4 is 31.6 Å². The maximum Gasteiger partial charge on any atom is 0.262 e. The highest BCUT2D eigenvalue weighted by Gasteiger charge is 2.33. The summed E-state index contributed by atoms with van der Waals surface area (Å²) in [6.07, 6.45) is -0.433. The third kappa shape index (κ3) is 6.66. The molecule has 2 aromatic rings. The van der Waals surface area contributed by atoms with Crippen LogP contribution in [0.1, 0.15) is 36.7 Å². The van der Waals surface area contributed by atoms with Crippen molar-refractivity contribution in [2.24, 2.45) is 5.92 Å². The Labute approximate surface area is 226 Å². The minimum Gasteiger partial charge on any atom is -0.491 e. The molecule has 0 saturated heterocycles. The van der Waals surface area contributed by atoms with Gasteiger partial charge in [-0.3, -0.25) is 9.52 Å². The van der Waals surface area contributed by atoms with Gasteiger partial charge in [-0.2, -0.15) is 4.31 Å². The van der Waals surface area contributed by atoms with Gasteiger partial charge >= 0.3 is 0 Å². The van der Waals surface area contributed by atoms with Crippen molar-refractivity contribution in [3.05, 3.63) is 53.6 Å². The second-order valence-corrected chi connectivity index (χ2v) is 13.5. The van der Waals surface area contributed by atoms with Crippen molar-refractivity contribution in [3.8, 4) is 5.75 Å². The molecule has 210 valence electrons. The summed E-state index contributed by atoms with van der Waals surface area (Å²) in [6.45, 7) is 7.36. The van der Waals surface area contributed by atoms with E-state index in [1.807, 2.05) is 6.92 Å². The molecule has 0 aromatic heterocycles. The van der Waals surface area contributed by atoms with Gasteiger partial charge in [0.05, 0.1) is 28.4 Å². The molecular formula is C26H37N3O7S2. The summed E-state index contributed by atoms with van der Waals surface area (Å²) in [6, 6.07) is 10.6. The first-order chi connectivity index (χ1) is 17.8. The number of nitrogens with zero attached hydrogens (tertiary/aromatic N) is 2. The molecule has 0 spiro atoms. The highest BCUT2D eigenvalue weighted by atomic mass is 32.2. The standard InChI is InChI=1S/C26H37N3O7S2/c1-7-37(31,32)29-15-19(3)24(35-6)16-28(5)26(30)22-14-21(12-13-23(22)36-17-20(29)4)27-38(33,34)25-11-9-8-10-18(25)2/h8-14,19-20,24,27H,7,15-17H2,1-6H3/t19-,20-,24-/m1/s1. The van der Waals surface area contributed by atoms with Crippen LogP contribution in [0.3, 0.4) is 0 Å². The van der Waals surface area contributed by atoms with Crippen LogP contribution in [0.4, 0.5) is 5.69 Å². The van der Waals surface area contributed by atoms with Crippen molar-refractivity contribution in [1.82, 2.24) is 9.21 Å². The zero-order chi connectivity index (χ0) is 28.3. The summed E-state index contributed by atoms with van der Waals surface area (Å²) in [5, 5.41) is 0. The molecule has 1 heterocycles. The largest absolute Gasteiger partial charge is 0.491 e. The highest BCUT2D eigenvalue weighted by Crippen LogP contribution is 2.28. The molecule has 12 heteroatoms. The summed E-state index contributed by atoms with van der Waals surface area (Å²) in [5.74, 6) is -0.423. The Morgan fingerprint density at radius 2 is 1.76 bits per heavy atom. The summed E-state index contributed by atoms with van der Waals surface area (Å²) in [5.41, 5.74) is 0.938. The second-order valence-electron chi connectivity index (χ2n) is 9.65. The van der Waals surface area contributed by atoms with E-state index in [4.69, 9.17) is 9.47 Å². The fourth-order valence-electron chi connectivity index (χ4n) is 4.43. The third-order valence-corrected chi connectivity index (χ3v) is 10.2. The maximum atomic E-state index is 13.5. The Kier molecular flexibility index (Phi) is 9.45. The van der Waals surface area contributed by atoms with Crippen LogP contribution in [-0.2, 0) is 24.8 Å². The molecule has 10 nitrogen and oxygen atoms in total. The van der Waals surface area contributed by atoms with Crippen molar-refractivity contribution in [2.45, 2.75) is 44.7 Å². The van der Waals surface area contributed by atoms with Gasteiger partial charge in [0.15, 0.2) is 0 Å². The van der Waals surface area contributed by atoms with E-state index in [1.54, 1.807) is 46.0 Å². The zero-order valence-electron chi connectivity index (χ0n) is 22.7. The molecule has 0 aliphatic carbocycles. The van der Waals surface area contributed by atoms with Gasteiger partial charge < -0.3 is 14.4 Å². The van der Waals surface area contributed by atoms with Gasteiger partial charge in [-0.1, -0.05) is 25.1 Å². The van der Waals surface area contributed by atoms with E-state index in [0.717, 1.165) is 0 Å². The lowest BCUT2D eigenvalue weighted by atomic mass is 10.0. The first kappa shape index (κ1) is 29.9. The smallest absolute Gasteiger partial charge is 0.262 e. The molecule has 0 fully saturated rings. The SMILES string of the molecule is CCS(=O)(=O)N1C[C@@H](C)[C@H](OC)CN(C)C(=O)c2cc(NS(=O)(=O)c3ccccc3C)ccc2OC[C@H]1C. The summed E-state index contributed by atoms with van der Waals surface area (Å²) < 4.78 is 67.5. The van der Waals surface area contributed by atoms with Crippen molar-refractivity contribution in [2.75, 3.05) is 44.3 Å². The molecule has 2 aromatic carbocycles. The van der Waals surface area contributed by atoms with Crippen LogP contribution in [0.15, 0.2) is 47.4 Å². The molecule has 0 radical (unpaired) electrons. The van der Waals surface area contributed by atoms with Crippen LogP contribution in [0.2, 0.25) is 0 Å². The molecule has 1 aliphatic heterocycles. The molecule has 1 aliphatic rings. The third-order valence-electron chi connectivity index (χ3n) is 6.74. The minimum atomic E-state index is -3.91. The van der Waals surface area contributed by atoms with Gasteiger partial charge in [-0.25, -0.2) is 16.8 Å². The van der Waals surface area contributed by atoms with E-state index >= 15 is 0 Å². The topological polar surface area (TPSA) is 122 Å². The van der Waals surface area contributed by atoms with E-state index in [-0.39, 0.29) is 59.2 Å². The number of fused-ring (bicyclic) bond motifs is 1. The van der Waals surface area contributed by atoms with Crippen molar-refractivity contribution in [1.29, 1.82) is 0 Å². The average molecular weight is 568 g/mol. The average Bonchev–Trinajstić information content (AvgIpc) is 2.87. The quantitative estimate of drug-likeness (QED) is 0.570. The summed E-state index contributed by atoms with van der Waals surface area (Å²) >= 11 is 0. The molecule has 0 unspecified atom stereocenters. The van der Waals surface area contributed by atoms with Gasteiger partial charge in [-0.15, -0.1) is 0 Å². The van der Waals surface area contributed by atoms with Crippen LogP contribution in [0.25, 0.3) is 0 Å². The van der Waals surface area contributed by atoms with Crippen LogP contribution >= 0.6 is 0 Å². The molecule has 1 N–H and O–H groups in total. The lowest BCUT2D eigenvalue weighted by molar-refractivity contribution is 0.0212. The van der Waals surface area contributed by atoms with Crippen molar-refractivity contribution in [3.63, 3.8) is 0 Å². The first-order valence-electron chi connectivity index (χ1n) is 12.4. The Bertz CT molecular complexity index is 1360. The molecule has 38 heavy (non-hydrogen) atoms. The number of hydrogen-bond acceptors (Lipinski definition) is 7. The number of rotatable bonds is 6. The molecular weight excluding hydrogens is 530 g/mol. The molecule has 0 bridgehead atoms. The predicted molar refractivity (Wildman–Crippen MR) is 146 cm³/mol. The summed E-state index contributed by atoms with van der Waals surface area (Å²) in [4.78, 5) is 15.1. The number of methoxy groups -OCH3 is 1. The van der Waals surface area contributed by atoms with Gasteiger partial charge in [0.25, 0.3) is 15.9 Å². The Hall–Kier alpha value is -2.67. The van der Waals surface area contributed by atoms with Gasteiger partial charge in [0.2, 0.25) is 10.0 Å². The lowest BCUT2D eigenvalue weighted by Crippen LogP contribution is -2.49. The monoisotopic (exact) mass is 567 g/mol. The highest BCUT2D eigenvalue weighted by molar-refractivity contribution is 7.92. The Balaban J connectivity index is 2.02. The van der Waals surface area contributed by atoms with E-state index in [9.17, 15) is 21.6 Å². The van der Waals surface area contributed by atoms with E-state index in [0.29, 0.717) is 5.56 Å². The normalized spacial score (nSPS) is 22.1. The van der Waals surface area contributed by atoms with Gasteiger partial charge in [0, 0.05) is 32.9 Å². The number of hydrogen-bond donors (Lipinski definition) is 1. The fourth-order valence-corrected chi connectivity index (χ4v) is 7.13. The Morgan fingerprint density at radius 3 is 2.39 bits per heavy atom. The molecule has 1 amide bonds.